The lowest BCUT2D eigenvalue weighted by atomic mass is 9.90. The second kappa shape index (κ2) is 7.75. The van der Waals surface area contributed by atoms with Crippen molar-refractivity contribution in [2.45, 2.75) is 26.2 Å². The molecule has 4 rings (SSSR count). The number of rotatable bonds is 3. The molecule has 3 aromatic rings. The van der Waals surface area contributed by atoms with Crippen LogP contribution < -0.4 is 0 Å². The Bertz CT molecular complexity index is 1100. The van der Waals surface area contributed by atoms with Crippen molar-refractivity contribution in [3.63, 3.8) is 0 Å². The molecule has 0 saturated carbocycles. The number of aromatic nitrogens is 2. The summed E-state index contributed by atoms with van der Waals surface area (Å²) in [5.74, 6) is 0. The van der Waals surface area contributed by atoms with E-state index in [0.29, 0.717) is 15.7 Å². The summed E-state index contributed by atoms with van der Waals surface area (Å²) < 4.78 is 1.72. The summed E-state index contributed by atoms with van der Waals surface area (Å²) in [7, 11) is 0. The van der Waals surface area contributed by atoms with Gasteiger partial charge >= 0.3 is 0 Å². The maximum absolute atomic E-state index is 12.0. The van der Waals surface area contributed by atoms with Crippen molar-refractivity contribution in [1.82, 2.24) is 9.78 Å². The van der Waals surface area contributed by atoms with Crippen LogP contribution in [0.4, 0.5) is 0 Å². The van der Waals surface area contributed by atoms with Crippen LogP contribution in [0.15, 0.2) is 42.5 Å². The van der Waals surface area contributed by atoms with Gasteiger partial charge in [0.05, 0.1) is 16.4 Å². The maximum Gasteiger partial charge on any atom is 0.273 e. The lowest BCUT2D eigenvalue weighted by Crippen LogP contribution is -2.08. The number of nitrogens with zero attached hydrogens (tertiary/aromatic N) is 2. The first kappa shape index (κ1) is 19.3. The number of carbonyl (C=O) groups is 1. The van der Waals surface area contributed by atoms with E-state index in [1.54, 1.807) is 22.9 Å². The van der Waals surface area contributed by atoms with E-state index in [1.807, 2.05) is 0 Å². The smallest absolute Gasteiger partial charge is 0.273 e. The molecule has 0 amide bonds. The highest BCUT2D eigenvalue weighted by Crippen LogP contribution is 2.38. The summed E-state index contributed by atoms with van der Waals surface area (Å²) in [4.78, 5) is 12.0. The molecular formula is C22H17Cl3N2O. The fraction of sp³-hybridized carbons (Fsp3) is 0.182. The molecule has 6 heteroatoms. The number of carbonyl (C=O) groups excluding carboxylic acids is 1. The molecule has 1 aliphatic carbocycles. The Morgan fingerprint density at radius 1 is 1.11 bits per heavy atom. The molecule has 1 aliphatic rings. The molecule has 0 radical (unpaired) electrons. The summed E-state index contributed by atoms with van der Waals surface area (Å²) in [5, 5.41) is 4.97. The van der Waals surface area contributed by atoms with Crippen LogP contribution in [0.2, 0.25) is 10.0 Å². The van der Waals surface area contributed by atoms with Crippen molar-refractivity contribution in [3.05, 3.63) is 80.6 Å². The van der Waals surface area contributed by atoms with E-state index in [1.165, 1.54) is 5.56 Å². The zero-order valence-corrected chi connectivity index (χ0v) is 17.4. The molecule has 3 nitrogen and oxygen atoms in total. The van der Waals surface area contributed by atoms with E-state index in [4.69, 9.17) is 34.8 Å². The lowest BCUT2D eigenvalue weighted by molar-refractivity contribution is 0.107. The molecule has 1 aromatic heterocycles. The van der Waals surface area contributed by atoms with Gasteiger partial charge in [-0.05, 0) is 73.2 Å². The molecule has 0 saturated heterocycles. The molecule has 0 spiro atoms. The molecule has 0 unspecified atom stereocenters. The van der Waals surface area contributed by atoms with Gasteiger partial charge in [0.1, 0.15) is 5.69 Å². The van der Waals surface area contributed by atoms with E-state index in [-0.39, 0.29) is 5.69 Å². The standard InChI is InChI=1S/C22H17Cl3N2O/c1-13-5-7-14(8-6-13)11-15-3-2-4-17-20(22(25)28)26-27(21(15)17)19-10-9-16(23)12-18(19)24/h5-12H,2-4H2,1H3/b15-11+. The highest BCUT2D eigenvalue weighted by atomic mass is 35.5. The van der Waals surface area contributed by atoms with Crippen molar-refractivity contribution in [2.24, 2.45) is 0 Å². The quantitative estimate of drug-likeness (QED) is 0.430. The third-order valence-corrected chi connectivity index (χ3v) is 5.62. The van der Waals surface area contributed by atoms with Crippen LogP contribution in [0.1, 0.15) is 45.7 Å². The molecule has 2 aromatic carbocycles. The minimum atomic E-state index is -0.559. The van der Waals surface area contributed by atoms with Gasteiger partial charge in [-0.1, -0.05) is 53.0 Å². The van der Waals surface area contributed by atoms with Crippen LogP contribution in [0.25, 0.3) is 17.3 Å². The van der Waals surface area contributed by atoms with Crippen LogP contribution in [-0.4, -0.2) is 15.0 Å². The van der Waals surface area contributed by atoms with Gasteiger partial charge in [-0.2, -0.15) is 5.10 Å². The number of halogens is 3. The molecule has 142 valence electrons. The molecule has 28 heavy (non-hydrogen) atoms. The monoisotopic (exact) mass is 430 g/mol. The molecule has 0 fully saturated rings. The summed E-state index contributed by atoms with van der Waals surface area (Å²) in [6.07, 6.45) is 4.71. The van der Waals surface area contributed by atoms with Crippen molar-refractivity contribution in [1.29, 1.82) is 0 Å². The number of benzene rings is 2. The average Bonchev–Trinajstić information content (AvgIpc) is 3.04. The summed E-state index contributed by atoms with van der Waals surface area (Å²) in [5.41, 5.74) is 6.13. The number of allylic oxidation sites excluding steroid dienone is 1. The van der Waals surface area contributed by atoms with Crippen LogP contribution in [-0.2, 0) is 6.42 Å². The second-order valence-electron chi connectivity index (χ2n) is 6.89. The highest BCUT2D eigenvalue weighted by Gasteiger charge is 2.28. The Kier molecular flexibility index (Phi) is 5.33. The van der Waals surface area contributed by atoms with E-state index in [9.17, 15) is 4.79 Å². The van der Waals surface area contributed by atoms with Gasteiger partial charge in [0.25, 0.3) is 5.24 Å². The first-order chi connectivity index (χ1) is 13.4. The maximum atomic E-state index is 12.0. The Morgan fingerprint density at radius 3 is 2.54 bits per heavy atom. The fourth-order valence-corrected chi connectivity index (χ4v) is 4.22. The molecule has 0 N–H and O–H groups in total. The zero-order chi connectivity index (χ0) is 19.8. The summed E-state index contributed by atoms with van der Waals surface area (Å²) in [6, 6.07) is 13.6. The molecule has 0 atom stereocenters. The lowest BCUT2D eigenvalue weighted by Gasteiger charge is -2.19. The SMILES string of the molecule is Cc1ccc(/C=C2\CCCc3c(C(=O)Cl)nn(-c4ccc(Cl)cc4Cl)c32)cc1. The van der Waals surface area contributed by atoms with Gasteiger partial charge in [-0.15, -0.1) is 0 Å². The van der Waals surface area contributed by atoms with Gasteiger partial charge in [-0.25, -0.2) is 4.68 Å². The number of hydrogen-bond donors (Lipinski definition) is 0. The first-order valence-corrected chi connectivity index (χ1v) is 10.1. The zero-order valence-electron chi connectivity index (χ0n) is 15.2. The third kappa shape index (κ3) is 3.62. The van der Waals surface area contributed by atoms with Crippen molar-refractivity contribution in [3.8, 4) is 5.69 Å². The van der Waals surface area contributed by atoms with E-state index >= 15 is 0 Å². The van der Waals surface area contributed by atoms with Crippen LogP contribution in [0, 0.1) is 6.92 Å². The molecular weight excluding hydrogens is 415 g/mol. The van der Waals surface area contributed by atoms with Gasteiger partial charge in [0, 0.05) is 10.6 Å². The Balaban J connectivity index is 1.94. The highest BCUT2D eigenvalue weighted by molar-refractivity contribution is 6.67. The summed E-state index contributed by atoms with van der Waals surface area (Å²) in [6.45, 7) is 2.06. The topological polar surface area (TPSA) is 34.9 Å². The average molecular weight is 432 g/mol. The predicted octanol–water partition coefficient (Wildman–Crippen LogP) is 6.74. The number of fused-ring (bicyclic) bond motifs is 1. The predicted molar refractivity (Wildman–Crippen MR) is 116 cm³/mol. The van der Waals surface area contributed by atoms with E-state index < -0.39 is 5.24 Å². The van der Waals surface area contributed by atoms with E-state index in [2.05, 4.69) is 42.4 Å². The van der Waals surface area contributed by atoms with Gasteiger partial charge in [-0.3, -0.25) is 4.79 Å². The third-order valence-electron chi connectivity index (χ3n) is 4.90. The Hall–Kier alpha value is -2.07. The van der Waals surface area contributed by atoms with Crippen LogP contribution in [0.5, 0.6) is 0 Å². The second-order valence-corrected chi connectivity index (χ2v) is 8.08. The van der Waals surface area contributed by atoms with Crippen LogP contribution in [0.3, 0.4) is 0 Å². The number of aryl methyl sites for hydroxylation is 1. The molecule has 0 aliphatic heterocycles. The normalized spacial score (nSPS) is 14.9. The minimum absolute atomic E-state index is 0.289. The van der Waals surface area contributed by atoms with Crippen LogP contribution >= 0.6 is 34.8 Å². The molecule has 0 bridgehead atoms. The molecule has 1 heterocycles. The summed E-state index contributed by atoms with van der Waals surface area (Å²) >= 11 is 18.3. The van der Waals surface area contributed by atoms with Gasteiger partial charge in [0.15, 0.2) is 0 Å². The minimum Gasteiger partial charge on any atom is -0.274 e. The Labute approximate surface area is 178 Å². The van der Waals surface area contributed by atoms with E-state index in [0.717, 1.165) is 41.7 Å². The Morgan fingerprint density at radius 2 is 1.86 bits per heavy atom. The fourth-order valence-electron chi connectivity index (χ4n) is 3.58. The van der Waals surface area contributed by atoms with Crippen molar-refractivity contribution < 1.29 is 4.79 Å². The van der Waals surface area contributed by atoms with Crippen molar-refractivity contribution >= 4 is 51.7 Å². The largest absolute Gasteiger partial charge is 0.274 e. The first-order valence-electron chi connectivity index (χ1n) is 8.99. The van der Waals surface area contributed by atoms with Gasteiger partial charge < -0.3 is 0 Å². The van der Waals surface area contributed by atoms with Gasteiger partial charge in [0.2, 0.25) is 0 Å². The van der Waals surface area contributed by atoms with Crippen molar-refractivity contribution in [2.75, 3.05) is 0 Å². The number of hydrogen-bond acceptors (Lipinski definition) is 2.